The molecule has 0 unspecified atom stereocenters. The van der Waals surface area contributed by atoms with Gasteiger partial charge in [-0.2, -0.15) is 13.2 Å². The highest BCUT2D eigenvalue weighted by Gasteiger charge is 2.32. The zero-order valence-corrected chi connectivity index (χ0v) is 13.1. The lowest BCUT2D eigenvalue weighted by Gasteiger charge is -2.24. The maximum atomic E-state index is 13.0. The fraction of sp³-hybridized carbons (Fsp3) is 0.176. The van der Waals surface area contributed by atoms with Gasteiger partial charge in [-0.1, -0.05) is 18.2 Å². The van der Waals surface area contributed by atoms with Crippen LogP contribution in [0.2, 0.25) is 0 Å². The van der Waals surface area contributed by atoms with Crippen molar-refractivity contribution in [2.24, 2.45) is 0 Å². The molecular weight excluding hydrogens is 339 g/mol. The lowest BCUT2D eigenvalue weighted by atomic mass is 10.1. The first kappa shape index (κ1) is 18.3. The van der Waals surface area contributed by atoms with Crippen molar-refractivity contribution in [3.8, 4) is 0 Å². The van der Waals surface area contributed by atoms with E-state index in [-0.39, 0.29) is 23.5 Å². The summed E-state index contributed by atoms with van der Waals surface area (Å²) in [5, 5.41) is 9.30. The summed E-state index contributed by atoms with van der Waals surface area (Å²) >= 11 is 0. The lowest BCUT2D eigenvalue weighted by Crippen LogP contribution is -2.28. The van der Waals surface area contributed by atoms with E-state index in [1.807, 2.05) is 0 Å². The molecule has 0 atom stereocenters. The van der Waals surface area contributed by atoms with Gasteiger partial charge in [0.2, 0.25) is 0 Å². The number of rotatable bonds is 4. The quantitative estimate of drug-likeness (QED) is 0.865. The number of carboxylic acids is 1. The zero-order chi connectivity index (χ0) is 18.6. The standard InChI is InChI=1S/C17H14F3NO4/c1-2-25-16(24)21(14-9-4-3-8-13(14)15(22)23)12-7-5-6-11(10-12)17(18,19)20/h3-10H,2H2,1H3,(H,22,23). The van der Waals surface area contributed by atoms with Crippen LogP contribution in [0.4, 0.5) is 29.3 Å². The number of hydrogen-bond donors (Lipinski definition) is 1. The largest absolute Gasteiger partial charge is 0.478 e. The highest BCUT2D eigenvalue weighted by atomic mass is 19.4. The van der Waals surface area contributed by atoms with Crippen LogP contribution in [0.15, 0.2) is 48.5 Å². The molecule has 0 saturated carbocycles. The molecule has 2 aromatic carbocycles. The van der Waals surface area contributed by atoms with Gasteiger partial charge in [0, 0.05) is 0 Å². The Morgan fingerprint density at radius 3 is 2.40 bits per heavy atom. The highest BCUT2D eigenvalue weighted by molar-refractivity contribution is 6.04. The highest BCUT2D eigenvalue weighted by Crippen LogP contribution is 2.35. The molecule has 25 heavy (non-hydrogen) atoms. The van der Waals surface area contributed by atoms with Crippen molar-refractivity contribution in [1.29, 1.82) is 0 Å². The van der Waals surface area contributed by atoms with Crippen LogP contribution in [0.25, 0.3) is 0 Å². The van der Waals surface area contributed by atoms with Gasteiger partial charge in [-0.15, -0.1) is 0 Å². The van der Waals surface area contributed by atoms with Crippen LogP contribution in [0.5, 0.6) is 0 Å². The van der Waals surface area contributed by atoms with Gasteiger partial charge >= 0.3 is 18.2 Å². The predicted molar refractivity (Wildman–Crippen MR) is 84.0 cm³/mol. The molecule has 0 saturated heterocycles. The van der Waals surface area contributed by atoms with Crippen molar-refractivity contribution in [3.05, 3.63) is 59.7 Å². The summed E-state index contributed by atoms with van der Waals surface area (Å²) in [6, 6.07) is 9.51. The van der Waals surface area contributed by atoms with Crippen LogP contribution in [-0.2, 0) is 10.9 Å². The second-order valence-electron chi connectivity index (χ2n) is 4.90. The molecule has 0 aliphatic heterocycles. The van der Waals surface area contributed by atoms with E-state index in [1.54, 1.807) is 0 Å². The number of carbonyl (C=O) groups is 2. The number of aromatic carboxylic acids is 1. The minimum Gasteiger partial charge on any atom is -0.478 e. The minimum atomic E-state index is -4.61. The van der Waals surface area contributed by atoms with Gasteiger partial charge in [-0.3, -0.25) is 0 Å². The SMILES string of the molecule is CCOC(=O)N(c1cccc(C(F)(F)F)c1)c1ccccc1C(=O)O. The number of carboxylic acid groups (broad SMARTS) is 1. The summed E-state index contributed by atoms with van der Waals surface area (Å²) in [5.74, 6) is -1.32. The van der Waals surface area contributed by atoms with Crippen molar-refractivity contribution < 1.29 is 32.6 Å². The van der Waals surface area contributed by atoms with Crippen molar-refractivity contribution in [3.63, 3.8) is 0 Å². The average Bonchev–Trinajstić information content (AvgIpc) is 2.55. The number of anilines is 2. The Kier molecular flexibility index (Phi) is 5.31. The molecule has 2 aromatic rings. The van der Waals surface area contributed by atoms with Crippen molar-refractivity contribution in [2.45, 2.75) is 13.1 Å². The van der Waals surface area contributed by atoms with Gasteiger partial charge in [0.05, 0.1) is 29.1 Å². The number of carbonyl (C=O) groups excluding carboxylic acids is 1. The van der Waals surface area contributed by atoms with Crippen LogP contribution >= 0.6 is 0 Å². The molecular formula is C17H14F3NO4. The van der Waals surface area contributed by atoms with Gasteiger partial charge in [-0.25, -0.2) is 14.5 Å². The summed E-state index contributed by atoms with van der Waals surface area (Å²) in [6.07, 6.45) is -5.58. The maximum absolute atomic E-state index is 13.0. The summed E-state index contributed by atoms with van der Waals surface area (Å²) in [6.45, 7) is 1.51. The zero-order valence-electron chi connectivity index (χ0n) is 13.1. The smallest absolute Gasteiger partial charge is 0.418 e. The Balaban J connectivity index is 2.63. The maximum Gasteiger partial charge on any atom is 0.418 e. The van der Waals surface area contributed by atoms with Crippen molar-refractivity contribution in [2.75, 3.05) is 11.5 Å². The first-order valence-electron chi connectivity index (χ1n) is 7.22. The first-order chi connectivity index (χ1) is 11.8. The number of halogens is 3. The third kappa shape index (κ3) is 4.09. The fourth-order valence-corrected chi connectivity index (χ4v) is 2.20. The van der Waals surface area contributed by atoms with Crippen molar-refractivity contribution >= 4 is 23.4 Å². The van der Waals surface area contributed by atoms with Crippen molar-refractivity contribution in [1.82, 2.24) is 0 Å². The van der Waals surface area contributed by atoms with E-state index in [4.69, 9.17) is 4.74 Å². The topological polar surface area (TPSA) is 66.8 Å². The molecule has 0 aliphatic rings. The number of ether oxygens (including phenoxy) is 1. The van der Waals surface area contributed by atoms with E-state index < -0.39 is 23.8 Å². The predicted octanol–water partition coefficient (Wildman–Crippen LogP) is 4.70. The number of nitrogens with zero attached hydrogens (tertiary/aromatic N) is 1. The molecule has 0 bridgehead atoms. The monoisotopic (exact) mass is 353 g/mol. The third-order valence-electron chi connectivity index (χ3n) is 3.26. The average molecular weight is 353 g/mol. The van der Waals surface area contributed by atoms with E-state index in [9.17, 15) is 27.9 Å². The Bertz CT molecular complexity index is 789. The second-order valence-corrected chi connectivity index (χ2v) is 4.90. The van der Waals surface area contributed by atoms with Gasteiger partial charge in [0.15, 0.2) is 0 Å². The van der Waals surface area contributed by atoms with Gasteiger partial charge in [0.1, 0.15) is 0 Å². The minimum absolute atomic E-state index is 0.0243. The molecule has 5 nitrogen and oxygen atoms in total. The number of amides is 1. The van der Waals surface area contributed by atoms with Gasteiger partial charge in [-0.05, 0) is 37.3 Å². The van der Waals surface area contributed by atoms with Gasteiger partial charge in [0.25, 0.3) is 0 Å². The van der Waals surface area contributed by atoms with Crippen LogP contribution in [0, 0.1) is 0 Å². The number of hydrogen-bond acceptors (Lipinski definition) is 3. The van der Waals surface area contributed by atoms with E-state index in [0.717, 1.165) is 23.1 Å². The first-order valence-corrected chi connectivity index (χ1v) is 7.22. The van der Waals surface area contributed by atoms with Crippen LogP contribution in [0.3, 0.4) is 0 Å². The molecule has 2 rings (SSSR count). The third-order valence-corrected chi connectivity index (χ3v) is 3.26. The Labute approximate surface area is 141 Å². The molecule has 0 spiro atoms. The Hall–Kier alpha value is -3.03. The second kappa shape index (κ2) is 7.25. The van der Waals surface area contributed by atoms with Crippen LogP contribution < -0.4 is 4.90 Å². The van der Waals surface area contributed by atoms with Crippen LogP contribution in [0.1, 0.15) is 22.8 Å². The number of alkyl halides is 3. The molecule has 0 radical (unpaired) electrons. The van der Waals surface area contributed by atoms with Gasteiger partial charge < -0.3 is 9.84 Å². The molecule has 0 aromatic heterocycles. The lowest BCUT2D eigenvalue weighted by molar-refractivity contribution is -0.137. The summed E-state index contributed by atoms with van der Waals surface area (Å²) in [4.78, 5) is 24.5. The molecule has 8 heteroatoms. The number of benzene rings is 2. The molecule has 0 heterocycles. The Morgan fingerprint density at radius 1 is 1.12 bits per heavy atom. The van der Waals surface area contributed by atoms with E-state index in [1.165, 1.54) is 37.3 Å². The van der Waals surface area contributed by atoms with Crippen LogP contribution in [-0.4, -0.2) is 23.8 Å². The molecule has 0 fully saturated rings. The molecule has 132 valence electrons. The molecule has 1 amide bonds. The van der Waals surface area contributed by atoms with E-state index >= 15 is 0 Å². The molecule has 1 N–H and O–H groups in total. The number of para-hydroxylation sites is 1. The van der Waals surface area contributed by atoms with E-state index in [0.29, 0.717) is 0 Å². The molecule has 0 aliphatic carbocycles. The summed E-state index contributed by atoms with van der Waals surface area (Å²) < 4.78 is 43.8. The Morgan fingerprint density at radius 2 is 1.80 bits per heavy atom. The fourth-order valence-electron chi connectivity index (χ4n) is 2.20. The summed E-state index contributed by atoms with van der Waals surface area (Å²) in [5.41, 5.74) is -1.45. The van der Waals surface area contributed by atoms with E-state index in [2.05, 4.69) is 0 Å². The summed E-state index contributed by atoms with van der Waals surface area (Å²) in [7, 11) is 0. The normalized spacial score (nSPS) is 11.0.